The van der Waals surface area contributed by atoms with Crippen LogP contribution in [0, 0.1) is 5.82 Å². The van der Waals surface area contributed by atoms with Gasteiger partial charge in [0.1, 0.15) is 29.8 Å². The first kappa shape index (κ1) is 24.1. The fourth-order valence-corrected chi connectivity index (χ4v) is 4.54. The molecule has 2 aromatic rings. The molecule has 0 spiro atoms. The summed E-state index contributed by atoms with van der Waals surface area (Å²) < 4.78 is 55.1. The van der Waals surface area contributed by atoms with Crippen molar-refractivity contribution < 1.29 is 31.8 Å². The van der Waals surface area contributed by atoms with E-state index < -0.39 is 26.3 Å². The van der Waals surface area contributed by atoms with Gasteiger partial charge in [-0.25, -0.2) is 22.6 Å². The maximum Gasteiger partial charge on any atom is 0.410 e. The van der Waals surface area contributed by atoms with E-state index in [0.717, 1.165) is 12.3 Å². The van der Waals surface area contributed by atoms with Crippen molar-refractivity contribution in [1.82, 2.24) is 9.88 Å². The average Bonchev–Trinajstić information content (AvgIpc) is 3.20. The molecule has 0 unspecified atom stereocenters. The summed E-state index contributed by atoms with van der Waals surface area (Å²) in [5.41, 5.74) is 0.494. The number of anilines is 2. The van der Waals surface area contributed by atoms with Crippen molar-refractivity contribution in [2.24, 2.45) is 0 Å². The fraction of sp³-hybridized carbons (Fsp3) is 0.478. The molecule has 0 N–H and O–H groups in total. The van der Waals surface area contributed by atoms with Gasteiger partial charge in [-0.3, -0.25) is 0 Å². The number of amides is 1. The number of carbonyl (C=O) groups excluding carboxylic acids is 1. The molecule has 1 saturated heterocycles. The van der Waals surface area contributed by atoms with Crippen molar-refractivity contribution in [2.75, 3.05) is 37.4 Å². The van der Waals surface area contributed by atoms with Crippen LogP contribution in [0.5, 0.6) is 11.5 Å². The second-order valence-electron chi connectivity index (χ2n) is 9.34. The standard InChI is InChI=1S/C23H28FN3O6S/c1-23(2,3)33-22(28)26-8-7-17(14-26)32-16-5-6-20-19(12-16)27(9-10-31-20)15-11-18(24)21(25-13-15)34(4,29)30/h5-6,11-13,17H,7-10,14H2,1-4H3/t17-/m0/s1. The molecule has 4 rings (SSSR count). The lowest BCUT2D eigenvalue weighted by Gasteiger charge is -2.31. The zero-order valence-electron chi connectivity index (χ0n) is 19.6. The molecule has 1 aromatic carbocycles. The van der Waals surface area contributed by atoms with Crippen molar-refractivity contribution in [1.29, 1.82) is 0 Å². The monoisotopic (exact) mass is 493 g/mol. The number of benzene rings is 1. The summed E-state index contributed by atoms with van der Waals surface area (Å²) in [5.74, 6) is 0.258. The van der Waals surface area contributed by atoms with Crippen LogP contribution in [0.25, 0.3) is 0 Å². The second-order valence-corrected chi connectivity index (χ2v) is 11.3. The lowest BCUT2D eigenvalue weighted by Crippen LogP contribution is -2.36. The van der Waals surface area contributed by atoms with Crippen LogP contribution >= 0.6 is 0 Å². The third-order valence-electron chi connectivity index (χ3n) is 5.35. The maximum atomic E-state index is 14.5. The van der Waals surface area contributed by atoms with Gasteiger partial charge in [0.2, 0.25) is 0 Å². The van der Waals surface area contributed by atoms with Gasteiger partial charge in [0, 0.05) is 31.4 Å². The number of sulfone groups is 1. The smallest absolute Gasteiger partial charge is 0.410 e. The highest BCUT2D eigenvalue weighted by atomic mass is 32.2. The lowest BCUT2D eigenvalue weighted by atomic mass is 10.2. The van der Waals surface area contributed by atoms with Crippen LogP contribution in [0.4, 0.5) is 20.6 Å². The van der Waals surface area contributed by atoms with E-state index in [1.54, 1.807) is 28.0 Å². The van der Waals surface area contributed by atoms with Crippen LogP contribution in [-0.2, 0) is 14.6 Å². The highest BCUT2D eigenvalue weighted by molar-refractivity contribution is 7.90. The van der Waals surface area contributed by atoms with Crippen molar-refractivity contribution in [3.8, 4) is 11.5 Å². The van der Waals surface area contributed by atoms with Crippen molar-refractivity contribution in [3.05, 3.63) is 36.3 Å². The van der Waals surface area contributed by atoms with E-state index in [1.165, 1.54) is 6.20 Å². The van der Waals surface area contributed by atoms with Crippen LogP contribution in [0.1, 0.15) is 27.2 Å². The van der Waals surface area contributed by atoms with Crippen molar-refractivity contribution in [2.45, 2.75) is 43.9 Å². The number of nitrogens with zero attached hydrogens (tertiary/aromatic N) is 3. The molecule has 9 nitrogen and oxygen atoms in total. The van der Waals surface area contributed by atoms with Gasteiger partial charge in [0.25, 0.3) is 0 Å². The first-order valence-electron chi connectivity index (χ1n) is 11.0. The Morgan fingerprint density at radius 1 is 1.24 bits per heavy atom. The van der Waals surface area contributed by atoms with Crippen LogP contribution in [0.15, 0.2) is 35.5 Å². The highest BCUT2D eigenvalue weighted by Gasteiger charge is 2.31. The summed E-state index contributed by atoms with van der Waals surface area (Å²) in [5, 5.41) is -0.586. The predicted molar refractivity (Wildman–Crippen MR) is 123 cm³/mol. The molecule has 34 heavy (non-hydrogen) atoms. The Kier molecular flexibility index (Phi) is 6.32. The molecule has 11 heteroatoms. The Morgan fingerprint density at radius 2 is 2.00 bits per heavy atom. The molecule has 1 amide bonds. The fourth-order valence-electron chi connectivity index (χ4n) is 3.88. The van der Waals surface area contributed by atoms with Crippen molar-refractivity contribution >= 4 is 27.3 Å². The van der Waals surface area contributed by atoms with Gasteiger partial charge in [-0.1, -0.05) is 0 Å². The summed E-state index contributed by atoms with van der Waals surface area (Å²) in [6, 6.07) is 6.49. The van der Waals surface area contributed by atoms with E-state index in [2.05, 4.69) is 4.98 Å². The van der Waals surface area contributed by atoms with E-state index in [0.29, 0.717) is 55.5 Å². The molecule has 1 aromatic heterocycles. The van der Waals surface area contributed by atoms with Gasteiger partial charge in [-0.15, -0.1) is 0 Å². The first-order chi connectivity index (χ1) is 15.9. The Hall–Kier alpha value is -3.08. The van der Waals surface area contributed by atoms with Crippen LogP contribution < -0.4 is 14.4 Å². The number of hydrogen-bond acceptors (Lipinski definition) is 8. The number of rotatable bonds is 4. The van der Waals surface area contributed by atoms with Gasteiger partial charge in [-0.05, 0) is 32.9 Å². The van der Waals surface area contributed by atoms with Crippen LogP contribution in [-0.4, -0.2) is 68.6 Å². The molecule has 2 aliphatic rings. The van der Waals surface area contributed by atoms with Crippen LogP contribution in [0.2, 0.25) is 0 Å². The minimum Gasteiger partial charge on any atom is -0.490 e. The molecule has 0 aliphatic carbocycles. The normalized spacial score (nSPS) is 18.3. The SMILES string of the molecule is CC(C)(C)OC(=O)N1CC[C@H](Oc2ccc3c(c2)N(c2cnc(S(C)(=O)=O)c(F)c2)CCO3)C1. The van der Waals surface area contributed by atoms with Gasteiger partial charge in [0.05, 0.1) is 30.7 Å². The third-order valence-corrected chi connectivity index (χ3v) is 6.35. The van der Waals surface area contributed by atoms with E-state index in [-0.39, 0.29) is 12.2 Å². The molecule has 0 saturated carbocycles. The van der Waals surface area contributed by atoms with Gasteiger partial charge in [-0.2, -0.15) is 0 Å². The third kappa shape index (κ3) is 5.35. The molecule has 1 atom stereocenters. The summed E-state index contributed by atoms with van der Waals surface area (Å²) in [6.45, 7) is 7.22. The largest absolute Gasteiger partial charge is 0.490 e. The minimum atomic E-state index is -3.77. The number of aromatic nitrogens is 1. The van der Waals surface area contributed by atoms with Gasteiger partial charge < -0.3 is 24.0 Å². The molecule has 3 heterocycles. The minimum absolute atomic E-state index is 0.198. The Morgan fingerprint density at radius 3 is 2.68 bits per heavy atom. The quantitative estimate of drug-likeness (QED) is 0.638. The number of hydrogen-bond donors (Lipinski definition) is 0. The zero-order valence-corrected chi connectivity index (χ0v) is 20.4. The van der Waals surface area contributed by atoms with Crippen molar-refractivity contribution in [3.63, 3.8) is 0 Å². The number of fused-ring (bicyclic) bond motifs is 1. The van der Waals surface area contributed by atoms with E-state index >= 15 is 0 Å². The second kappa shape index (κ2) is 8.94. The molecule has 1 fully saturated rings. The number of likely N-dealkylation sites (tertiary alicyclic amines) is 1. The van der Waals surface area contributed by atoms with Crippen LogP contribution in [0.3, 0.4) is 0 Å². The van der Waals surface area contributed by atoms with Gasteiger partial charge in [0.15, 0.2) is 20.7 Å². The number of ether oxygens (including phenoxy) is 3. The zero-order chi connectivity index (χ0) is 24.7. The first-order valence-corrected chi connectivity index (χ1v) is 12.8. The summed E-state index contributed by atoms with van der Waals surface area (Å²) >= 11 is 0. The lowest BCUT2D eigenvalue weighted by molar-refractivity contribution is 0.0275. The average molecular weight is 494 g/mol. The summed E-state index contributed by atoms with van der Waals surface area (Å²) in [7, 11) is -3.77. The number of pyridine rings is 1. The maximum absolute atomic E-state index is 14.5. The number of carbonyl (C=O) groups is 1. The van der Waals surface area contributed by atoms with E-state index in [9.17, 15) is 17.6 Å². The summed E-state index contributed by atoms with van der Waals surface area (Å²) in [4.78, 5) is 19.6. The Balaban J connectivity index is 1.51. The molecule has 184 valence electrons. The highest BCUT2D eigenvalue weighted by Crippen LogP contribution is 2.39. The van der Waals surface area contributed by atoms with E-state index in [1.807, 2.05) is 20.8 Å². The molecule has 0 radical (unpaired) electrons. The van der Waals surface area contributed by atoms with Gasteiger partial charge >= 0.3 is 6.09 Å². The molecule has 0 bridgehead atoms. The molecular weight excluding hydrogens is 465 g/mol. The Bertz CT molecular complexity index is 1200. The van der Waals surface area contributed by atoms with E-state index in [4.69, 9.17) is 14.2 Å². The topological polar surface area (TPSA) is 98.3 Å². The number of halogens is 1. The molecular formula is C23H28FN3O6S. The predicted octanol–water partition coefficient (Wildman–Crippen LogP) is 3.54. The summed E-state index contributed by atoms with van der Waals surface area (Å²) in [6.07, 6.45) is 2.35. The molecule has 2 aliphatic heterocycles. The Labute approximate surface area is 198 Å².